The van der Waals surface area contributed by atoms with E-state index >= 15 is 0 Å². The lowest BCUT2D eigenvalue weighted by Gasteiger charge is -2.18. The largest absolute Gasteiger partial charge is 0.486 e. The van der Waals surface area contributed by atoms with Crippen molar-refractivity contribution < 1.29 is 14.3 Å². The molecule has 3 aromatic carbocycles. The van der Waals surface area contributed by atoms with Crippen LogP contribution in [0, 0.1) is 6.92 Å². The Labute approximate surface area is 185 Å². The minimum atomic E-state index is -0.100. The average molecular weight is 429 g/mol. The van der Waals surface area contributed by atoms with E-state index in [9.17, 15) is 4.79 Å². The summed E-state index contributed by atoms with van der Waals surface area (Å²) in [5.74, 6) is 1.33. The fourth-order valence-corrected chi connectivity index (χ4v) is 4.39. The molecule has 154 valence electrons. The first kappa shape index (κ1) is 19.5. The molecule has 3 aromatic rings. The molecule has 1 amide bonds. The number of ether oxygens (including phenoxy) is 2. The number of hydrogen-bond donors (Lipinski definition) is 0. The maximum Gasteiger partial charge on any atom is 0.271 e. The Morgan fingerprint density at radius 1 is 0.935 bits per heavy atom. The summed E-state index contributed by atoms with van der Waals surface area (Å²) in [5, 5.41) is 0.629. The molecule has 2 aliphatic rings. The Balaban J connectivity index is 1.53. The molecular weight excluding hydrogens is 408 g/mol. The van der Waals surface area contributed by atoms with Crippen molar-refractivity contribution >= 4 is 40.3 Å². The number of hydrogen-bond acceptors (Lipinski definition) is 5. The minimum Gasteiger partial charge on any atom is -0.486 e. The van der Waals surface area contributed by atoms with Crippen LogP contribution in [0.2, 0.25) is 0 Å². The number of rotatable bonds is 3. The summed E-state index contributed by atoms with van der Waals surface area (Å²) in [4.78, 5) is 20.4. The van der Waals surface area contributed by atoms with Crippen molar-refractivity contribution in [3.8, 4) is 11.5 Å². The first-order valence-electron chi connectivity index (χ1n) is 10.0. The van der Waals surface area contributed by atoms with Gasteiger partial charge >= 0.3 is 0 Å². The highest BCUT2D eigenvalue weighted by molar-refractivity contribution is 8.19. The molecular formula is C25H20N2O3S. The Kier molecular flexibility index (Phi) is 5.22. The van der Waals surface area contributed by atoms with Gasteiger partial charge < -0.3 is 9.47 Å². The predicted octanol–water partition coefficient (Wildman–Crippen LogP) is 5.57. The Morgan fingerprint density at radius 2 is 1.68 bits per heavy atom. The Morgan fingerprint density at radius 3 is 2.45 bits per heavy atom. The van der Waals surface area contributed by atoms with Crippen LogP contribution in [0.1, 0.15) is 11.1 Å². The molecule has 0 spiro atoms. The number of anilines is 1. The summed E-state index contributed by atoms with van der Waals surface area (Å²) in [6.45, 7) is 3.11. The second-order valence-corrected chi connectivity index (χ2v) is 8.23. The monoisotopic (exact) mass is 428 g/mol. The summed E-state index contributed by atoms with van der Waals surface area (Å²) in [7, 11) is 0. The van der Waals surface area contributed by atoms with Crippen LogP contribution in [0.4, 0.5) is 11.4 Å². The van der Waals surface area contributed by atoms with Crippen LogP contribution in [0.5, 0.6) is 11.5 Å². The number of nitrogens with zero attached hydrogens (tertiary/aromatic N) is 2. The van der Waals surface area contributed by atoms with Crippen molar-refractivity contribution in [3.63, 3.8) is 0 Å². The van der Waals surface area contributed by atoms with Gasteiger partial charge in [0, 0.05) is 0 Å². The summed E-state index contributed by atoms with van der Waals surface area (Å²) in [6, 6.07) is 23.2. The summed E-state index contributed by atoms with van der Waals surface area (Å²) < 4.78 is 11.3. The first-order chi connectivity index (χ1) is 15.2. The fourth-order valence-electron chi connectivity index (χ4n) is 3.38. The zero-order valence-corrected chi connectivity index (χ0v) is 17.8. The van der Waals surface area contributed by atoms with Crippen LogP contribution in [-0.2, 0) is 4.79 Å². The smallest absolute Gasteiger partial charge is 0.271 e. The van der Waals surface area contributed by atoms with E-state index in [4.69, 9.17) is 14.5 Å². The Hall–Kier alpha value is -3.51. The van der Waals surface area contributed by atoms with Crippen molar-refractivity contribution in [2.45, 2.75) is 6.92 Å². The SMILES string of the molecule is Cc1ccc(N=C2S/C(=C\c3ccc4c(c3)OCCO4)C(=O)N2c2ccccc2)cc1. The van der Waals surface area contributed by atoms with E-state index in [-0.39, 0.29) is 5.91 Å². The number of aryl methyl sites for hydroxylation is 1. The highest BCUT2D eigenvalue weighted by Gasteiger charge is 2.34. The molecule has 31 heavy (non-hydrogen) atoms. The van der Waals surface area contributed by atoms with Gasteiger partial charge in [-0.2, -0.15) is 0 Å². The van der Waals surface area contributed by atoms with Crippen LogP contribution >= 0.6 is 11.8 Å². The molecule has 1 saturated heterocycles. The van der Waals surface area contributed by atoms with Crippen LogP contribution < -0.4 is 14.4 Å². The first-order valence-corrected chi connectivity index (χ1v) is 10.8. The summed E-state index contributed by atoms with van der Waals surface area (Å²) >= 11 is 1.37. The molecule has 0 N–H and O–H groups in total. The second-order valence-electron chi connectivity index (χ2n) is 7.22. The molecule has 5 nitrogen and oxygen atoms in total. The second kappa shape index (κ2) is 8.32. The molecule has 2 heterocycles. The van der Waals surface area contributed by atoms with Gasteiger partial charge in [0.2, 0.25) is 0 Å². The highest BCUT2D eigenvalue weighted by Crippen LogP contribution is 2.38. The van der Waals surface area contributed by atoms with Gasteiger partial charge in [-0.05, 0) is 66.7 Å². The Bertz CT molecular complexity index is 1190. The van der Waals surface area contributed by atoms with Crippen molar-refractivity contribution in [1.29, 1.82) is 0 Å². The number of carbonyl (C=O) groups excluding carboxylic acids is 1. The molecule has 0 aromatic heterocycles. The topological polar surface area (TPSA) is 51.1 Å². The van der Waals surface area contributed by atoms with E-state index in [0.29, 0.717) is 29.0 Å². The van der Waals surface area contributed by atoms with Gasteiger partial charge in [0.1, 0.15) is 13.2 Å². The third-order valence-electron chi connectivity index (χ3n) is 4.94. The van der Waals surface area contributed by atoms with Gasteiger partial charge in [-0.3, -0.25) is 9.69 Å². The summed E-state index contributed by atoms with van der Waals surface area (Å²) in [5.41, 5.74) is 3.64. The van der Waals surface area contributed by atoms with Crippen LogP contribution in [0.3, 0.4) is 0 Å². The van der Waals surface area contributed by atoms with Crippen LogP contribution in [-0.4, -0.2) is 24.3 Å². The highest BCUT2D eigenvalue weighted by atomic mass is 32.2. The minimum absolute atomic E-state index is 0.100. The maximum atomic E-state index is 13.4. The van der Waals surface area contributed by atoms with Gasteiger partial charge in [-0.1, -0.05) is 42.0 Å². The molecule has 6 heteroatoms. The van der Waals surface area contributed by atoms with Gasteiger partial charge in [-0.15, -0.1) is 0 Å². The van der Waals surface area contributed by atoms with Crippen molar-refractivity contribution in [1.82, 2.24) is 0 Å². The number of carbonyl (C=O) groups is 1. The number of aliphatic imine (C=N–C) groups is 1. The van der Waals surface area contributed by atoms with E-state index in [0.717, 1.165) is 22.7 Å². The number of benzene rings is 3. The van der Waals surface area contributed by atoms with Crippen molar-refractivity contribution in [2.24, 2.45) is 4.99 Å². The molecule has 0 atom stereocenters. The maximum absolute atomic E-state index is 13.4. The third kappa shape index (κ3) is 4.07. The normalized spacial score (nSPS) is 18.1. The van der Waals surface area contributed by atoms with E-state index in [1.165, 1.54) is 17.3 Å². The predicted molar refractivity (Wildman–Crippen MR) is 125 cm³/mol. The molecule has 0 unspecified atom stereocenters. The molecule has 0 aliphatic carbocycles. The number of para-hydroxylation sites is 1. The molecule has 0 radical (unpaired) electrons. The zero-order chi connectivity index (χ0) is 21.2. The number of thioether (sulfide) groups is 1. The molecule has 2 aliphatic heterocycles. The van der Waals surface area contributed by atoms with E-state index in [1.54, 1.807) is 4.90 Å². The van der Waals surface area contributed by atoms with Crippen molar-refractivity contribution in [3.05, 3.63) is 88.8 Å². The lowest BCUT2D eigenvalue weighted by molar-refractivity contribution is -0.113. The average Bonchev–Trinajstić information content (AvgIpc) is 3.10. The van der Waals surface area contributed by atoms with E-state index in [1.807, 2.05) is 85.8 Å². The standard InChI is InChI=1S/C25H20N2O3S/c1-17-7-10-19(11-8-17)26-25-27(20-5-3-2-4-6-20)24(28)23(31-25)16-18-9-12-21-22(15-18)30-14-13-29-21/h2-12,15-16H,13-14H2,1H3/b23-16-,26-25?. The molecule has 5 rings (SSSR count). The molecule has 0 saturated carbocycles. The van der Waals surface area contributed by atoms with Gasteiger partial charge in [-0.25, -0.2) is 4.99 Å². The quantitative estimate of drug-likeness (QED) is 0.512. The van der Waals surface area contributed by atoms with Gasteiger partial charge in [0.25, 0.3) is 5.91 Å². The fraction of sp³-hybridized carbons (Fsp3) is 0.120. The van der Waals surface area contributed by atoms with Crippen LogP contribution in [0.25, 0.3) is 6.08 Å². The van der Waals surface area contributed by atoms with Gasteiger partial charge in [0.15, 0.2) is 16.7 Å². The number of amidine groups is 1. The lowest BCUT2D eigenvalue weighted by Crippen LogP contribution is -2.28. The number of fused-ring (bicyclic) bond motifs is 1. The van der Waals surface area contributed by atoms with Crippen molar-refractivity contribution in [2.75, 3.05) is 18.1 Å². The van der Waals surface area contributed by atoms with E-state index < -0.39 is 0 Å². The molecule has 1 fully saturated rings. The summed E-state index contributed by atoms with van der Waals surface area (Å²) in [6.07, 6.45) is 1.87. The lowest BCUT2D eigenvalue weighted by atomic mass is 10.1. The number of amides is 1. The van der Waals surface area contributed by atoms with E-state index in [2.05, 4.69) is 0 Å². The van der Waals surface area contributed by atoms with Gasteiger partial charge in [0.05, 0.1) is 16.3 Å². The molecule has 0 bridgehead atoms. The van der Waals surface area contributed by atoms with Crippen LogP contribution in [0.15, 0.2) is 82.7 Å². The zero-order valence-electron chi connectivity index (χ0n) is 16.9. The third-order valence-corrected chi connectivity index (χ3v) is 5.91.